The van der Waals surface area contributed by atoms with Gasteiger partial charge in [-0.1, -0.05) is 0 Å². The van der Waals surface area contributed by atoms with Gasteiger partial charge in [-0.2, -0.15) is 0 Å². The summed E-state index contributed by atoms with van der Waals surface area (Å²) in [5.41, 5.74) is 13.2. The van der Waals surface area contributed by atoms with Crippen molar-refractivity contribution < 1.29 is 4.79 Å². The monoisotopic (exact) mass is 274 g/mol. The van der Waals surface area contributed by atoms with Crippen LogP contribution in [-0.4, -0.2) is 37.0 Å². The highest BCUT2D eigenvalue weighted by atomic mass is 16.1. The number of anilines is 1. The van der Waals surface area contributed by atoms with Crippen LogP contribution < -0.4 is 22.1 Å². The number of H-pyrrole nitrogens is 1. The lowest BCUT2D eigenvalue weighted by Gasteiger charge is -2.05. The molecule has 1 aromatic heterocycles. The highest BCUT2D eigenvalue weighted by Gasteiger charge is 2.08. The summed E-state index contributed by atoms with van der Waals surface area (Å²) in [7, 11) is 1.59. The normalized spacial score (nSPS) is 11.6. The molecule has 0 spiro atoms. The topological polar surface area (TPSA) is 121 Å². The Morgan fingerprint density at radius 2 is 2.05 bits per heavy atom. The van der Waals surface area contributed by atoms with Gasteiger partial charge in [0.25, 0.3) is 5.91 Å². The first-order chi connectivity index (χ1) is 9.60. The Bertz CT molecular complexity index is 645. The average molecular weight is 274 g/mol. The molecule has 7 heteroatoms. The molecule has 0 atom stereocenters. The van der Waals surface area contributed by atoms with E-state index in [0.717, 1.165) is 10.9 Å². The minimum absolute atomic E-state index is 0.173. The molecule has 7 N–H and O–H groups in total. The fraction of sp³-hybridized carbons (Fsp3) is 0.231. The van der Waals surface area contributed by atoms with Gasteiger partial charge in [0.1, 0.15) is 5.69 Å². The Morgan fingerprint density at radius 1 is 1.30 bits per heavy atom. The molecule has 0 aliphatic carbocycles. The van der Waals surface area contributed by atoms with Crippen LogP contribution in [-0.2, 0) is 0 Å². The third-order valence-corrected chi connectivity index (χ3v) is 2.85. The van der Waals surface area contributed by atoms with E-state index in [1.165, 1.54) is 0 Å². The van der Waals surface area contributed by atoms with Crippen LogP contribution in [0.3, 0.4) is 0 Å². The van der Waals surface area contributed by atoms with Crippen molar-refractivity contribution in [2.75, 3.05) is 25.9 Å². The van der Waals surface area contributed by atoms with E-state index in [-0.39, 0.29) is 5.91 Å². The number of aromatic nitrogens is 1. The zero-order chi connectivity index (χ0) is 14.5. The van der Waals surface area contributed by atoms with Gasteiger partial charge in [0.2, 0.25) is 0 Å². The maximum Gasteiger partial charge on any atom is 0.267 e. The Morgan fingerprint density at radius 3 is 2.80 bits per heavy atom. The van der Waals surface area contributed by atoms with Gasteiger partial charge in [-0.15, -0.1) is 0 Å². The molecule has 0 saturated carbocycles. The van der Waals surface area contributed by atoms with Gasteiger partial charge >= 0.3 is 0 Å². The van der Waals surface area contributed by atoms with Crippen LogP contribution in [0.1, 0.15) is 10.5 Å². The summed E-state index contributed by atoms with van der Waals surface area (Å²) in [6, 6.07) is 7.23. The van der Waals surface area contributed by atoms with Gasteiger partial charge in [0, 0.05) is 36.7 Å². The number of nitrogens with zero attached hydrogens (tertiary/aromatic N) is 1. The van der Waals surface area contributed by atoms with Gasteiger partial charge < -0.3 is 27.1 Å². The van der Waals surface area contributed by atoms with Gasteiger partial charge in [0.15, 0.2) is 5.96 Å². The van der Waals surface area contributed by atoms with Crippen LogP contribution in [0.5, 0.6) is 0 Å². The molecular formula is C13H18N6O. The van der Waals surface area contributed by atoms with Crippen molar-refractivity contribution in [3.63, 3.8) is 0 Å². The number of nitrogens with one attached hydrogen (secondary N) is 3. The molecule has 0 aliphatic heterocycles. The summed E-state index contributed by atoms with van der Waals surface area (Å²) in [5.74, 6) is 0.175. The number of nitrogen functional groups attached to an aromatic ring is 1. The zero-order valence-corrected chi connectivity index (χ0v) is 11.2. The molecule has 0 aliphatic rings. The third-order valence-electron chi connectivity index (χ3n) is 2.85. The van der Waals surface area contributed by atoms with E-state index in [1.54, 1.807) is 19.2 Å². The number of aliphatic imine (C=N–C) groups is 1. The van der Waals surface area contributed by atoms with Gasteiger partial charge in [-0.3, -0.25) is 9.79 Å². The lowest BCUT2D eigenvalue weighted by Crippen LogP contribution is -2.38. The third kappa shape index (κ3) is 3.19. The molecule has 0 unspecified atom stereocenters. The highest BCUT2D eigenvalue weighted by molar-refractivity contribution is 5.98. The van der Waals surface area contributed by atoms with Crippen molar-refractivity contribution in [2.24, 2.45) is 10.7 Å². The number of nitrogens with two attached hydrogens (primary N) is 2. The fourth-order valence-electron chi connectivity index (χ4n) is 1.81. The van der Waals surface area contributed by atoms with E-state index in [0.29, 0.717) is 30.4 Å². The number of carbonyl (C=O) groups is 1. The highest BCUT2D eigenvalue weighted by Crippen LogP contribution is 2.18. The second-order valence-corrected chi connectivity index (χ2v) is 4.32. The van der Waals surface area contributed by atoms with Crippen molar-refractivity contribution in [1.82, 2.24) is 15.6 Å². The Kier molecular flexibility index (Phi) is 4.09. The van der Waals surface area contributed by atoms with Crippen molar-refractivity contribution in [1.29, 1.82) is 0 Å². The fourth-order valence-corrected chi connectivity index (χ4v) is 1.81. The summed E-state index contributed by atoms with van der Waals surface area (Å²) < 4.78 is 0. The molecule has 2 aromatic rings. The van der Waals surface area contributed by atoms with Crippen LogP contribution in [0.15, 0.2) is 29.3 Å². The summed E-state index contributed by atoms with van der Waals surface area (Å²) in [6.07, 6.45) is 0. The quantitative estimate of drug-likeness (QED) is 0.233. The minimum Gasteiger partial charge on any atom is -0.399 e. The van der Waals surface area contributed by atoms with Crippen molar-refractivity contribution in [3.05, 3.63) is 30.0 Å². The van der Waals surface area contributed by atoms with E-state index < -0.39 is 0 Å². The Hall–Kier alpha value is -2.70. The molecular weight excluding hydrogens is 256 g/mol. The molecule has 0 saturated heterocycles. The summed E-state index contributed by atoms with van der Waals surface area (Å²) in [4.78, 5) is 18.8. The summed E-state index contributed by atoms with van der Waals surface area (Å²) in [5, 5.41) is 6.55. The maximum absolute atomic E-state index is 12.0. The van der Waals surface area contributed by atoms with Crippen LogP contribution in [0, 0.1) is 0 Å². The molecule has 1 heterocycles. The predicted octanol–water partition coefficient (Wildman–Crippen LogP) is 0.0140. The van der Waals surface area contributed by atoms with Crippen LogP contribution >= 0.6 is 0 Å². The molecule has 2 rings (SSSR count). The van der Waals surface area contributed by atoms with Gasteiger partial charge in [-0.25, -0.2) is 0 Å². The number of guanidine groups is 1. The molecule has 20 heavy (non-hydrogen) atoms. The summed E-state index contributed by atoms with van der Waals surface area (Å²) in [6.45, 7) is 0.967. The molecule has 1 amide bonds. The molecule has 7 nitrogen and oxygen atoms in total. The number of benzene rings is 1. The second-order valence-electron chi connectivity index (χ2n) is 4.32. The average Bonchev–Trinajstić information content (AvgIpc) is 2.86. The minimum atomic E-state index is -0.173. The van der Waals surface area contributed by atoms with Crippen molar-refractivity contribution in [2.45, 2.75) is 0 Å². The van der Waals surface area contributed by atoms with Gasteiger partial charge in [-0.05, 0) is 24.3 Å². The van der Waals surface area contributed by atoms with Crippen molar-refractivity contribution in [3.8, 4) is 0 Å². The Balaban J connectivity index is 1.94. The largest absolute Gasteiger partial charge is 0.399 e. The lowest BCUT2D eigenvalue weighted by atomic mass is 10.2. The first kappa shape index (κ1) is 13.7. The number of aromatic amines is 1. The number of amides is 1. The molecule has 0 fully saturated rings. The van der Waals surface area contributed by atoms with E-state index in [2.05, 4.69) is 20.6 Å². The number of hydrogen-bond donors (Lipinski definition) is 5. The predicted molar refractivity (Wildman–Crippen MR) is 80.6 cm³/mol. The van der Waals surface area contributed by atoms with Crippen LogP contribution in [0.25, 0.3) is 10.9 Å². The second kappa shape index (κ2) is 5.96. The van der Waals surface area contributed by atoms with E-state index >= 15 is 0 Å². The lowest BCUT2D eigenvalue weighted by molar-refractivity contribution is 0.0950. The van der Waals surface area contributed by atoms with Gasteiger partial charge in [0.05, 0.1) is 0 Å². The number of rotatable bonds is 4. The van der Waals surface area contributed by atoms with Crippen molar-refractivity contribution >= 4 is 28.5 Å². The van der Waals surface area contributed by atoms with E-state index in [9.17, 15) is 4.79 Å². The summed E-state index contributed by atoms with van der Waals surface area (Å²) >= 11 is 0. The first-order valence-electron chi connectivity index (χ1n) is 6.22. The molecule has 0 radical (unpaired) electrons. The SMILES string of the molecule is CN=C(N)NCCNC(=O)c1cc2cc(N)ccc2[nH]1. The zero-order valence-electron chi connectivity index (χ0n) is 11.2. The number of hydrogen-bond acceptors (Lipinski definition) is 3. The van der Waals surface area contributed by atoms with Crippen LogP contribution in [0.2, 0.25) is 0 Å². The smallest absolute Gasteiger partial charge is 0.267 e. The molecule has 1 aromatic carbocycles. The van der Waals surface area contributed by atoms with E-state index in [1.807, 2.05) is 12.1 Å². The maximum atomic E-state index is 12.0. The number of fused-ring (bicyclic) bond motifs is 1. The van der Waals surface area contributed by atoms with Crippen LogP contribution in [0.4, 0.5) is 5.69 Å². The molecule has 0 bridgehead atoms. The molecule has 106 valence electrons. The van der Waals surface area contributed by atoms with E-state index in [4.69, 9.17) is 11.5 Å². The first-order valence-corrected chi connectivity index (χ1v) is 6.22. The standard InChI is InChI=1S/C13H18N6O/c1-16-13(15)18-5-4-17-12(20)11-7-8-6-9(14)2-3-10(8)19-11/h2-3,6-7,19H,4-5,14H2,1H3,(H,17,20)(H3,15,16,18). The Labute approximate surface area is 116 Å². The number of carbonyl (C=O) groups excluding carboxylic acids is 1.